The van der Waals surface area contributed by atoms with Crippen LogP contribution in [-0.4, -0.2) is 12.6 Å². The van der Waals surface area contributed by atoms with Crippen LogP contribution in [0.5, 0.6) is 0 Å². The van der Waals surface area contributed by atoms with Crippen molar-refractivity contribution in [3.63, 3.8) is 0 Å². The maximum atomic E-state index is 10.7. The summed E-state index contributed by atoms with van der Waals surface area (Å²) in [6, 6.07) is 0. The van der Waals surface area contributed by atoms with E-state index >= 15 is 0 Å². The first-order valence-corrected chi connectivity index (χ1v) is 4.48. The fraction of sp³-hybridized carbons (Fsp3) is 0.889. The summed E-state index contributed by atoms with van der Waals surface area (Å²) in [6.07, 6.45) is 5.63. The van der Waals surface area contributed by atoms with Gasteiger partial charge in [-0.3, -0.25) is 4.79 Å². The van der Waals surface area contributed by atoms with Crippen LogP contribution in [0.15, 0.2) is 0 Å². The van der Waals surface area contributed by atoms with Crippen LogP contribution >= 0.6 is 0 Å². The molecule has 0 aliphatic heterocycles. The highest BCUT2D eigenvalue weighted by Crippen LogP contribution is 2.24. The average Bonchev–Trinajstić information content (AvgIpc) is 2.52. The van der Waals surface area contributed by atoms with Crippen molar-refractivity contribution in [2.24, 2.45) is 5.92 Å². The standard InChI is InChI=1S/C9H16O2/c1-2-9(10)11-7-8-5-3-4-6-8/h8H,2-7H2,1H3. The number of ether oxygens (including phenoxy) is 1. The molecule has 11 heavy (non-hydrogen) atoms. The van der Waals surface area contributed by atoms with Gasteiger partial charge in [0.15, 0.2) is 0 Å². The number of carbonyl (C=O) groups is 1. The van der Waals surface area contributed by atoms with E-state index in [2.05, 4.69) is 0 Å². The van der Waals surface area contributed by atoms with E-state index in [1.165, 1.54) is 25.7 Å². The lowest BCUT2D eigenvalue weighted by Gasteiger charge is -2.08. The number of hydrogen-bond donors (Lipinski definition) is 0. The molecule has 1 aliphatic rings. The van der Waals surface area contributed by atoms with Gasteiger partial charge in [0.1, 0.15) is 0 Å². The van der Waals surface area contributed by atoms with E-state index in [1.54, 1.807) is 0 Å². The molecule has 0 atom stereocenters. The molecule has 0 radical (unpaired) electrons. The Bertz CT molecular complexity index is 126. The second-order valence-corrected chi connectivity index (χ2v) is 3.19. The minimum Gasteiger partial charge on any atom is -0.465 e. The van der Waals surface area contributed by atoms with Crippen LogP contribution < -0.4 is 0 Å². The molecule has 64 valence electrons. The first-order valence-electron chi connectivity index (χ1n) is 4.48. The van der Waals surface area contributed by atoms with E-state index in [1.807, 2.05) is 6.92 Å². The maximum absolute atomic E-state index is 10.7. The average molecular weight is 156 g/mol. The molecule has 2 nitrogen and oxygen atoms in total. The molecule has 2 heteroatoms. The molecule has 0 bridgehead atoms. The zero-order valence-electron chi connectivity index (χ0n) is 7.14. The summed E-state index contributed by atoms with van der Waals surface area (Å²) in [6.45, 7) is 2.49. The molecule has 0 N–H and O–H groups in total. The highest BCUT2D eigenvalue weighted by molar-refractivity contribution is 5.68. The van der Waals surface area contributed by atoms with E-state index in [9.17, 15) is 4.79 Å². The van der Waals surface area contributed by atoms with Gasteiger partial charge in [0.2, 0.25) is 0 Å². The number of hydrogen-bond acceptors (Lipinski definition) is 2. The van der Waals surface area contributed by atoms with E-state index in [0.29, 0.717) is 18.9 Å². The maximum Gasteiger partial charge on any atom is 0.305 e. The Morgan fingerprint density at radius 3 is 2.64 bits per heavy atom. The predicted molar refractivity (Wildman–Crippen MR) is 43.2 cm³/mol. The van der Waals surface area contributed by atoms with Crippen molar-refractivity contribution >= 4 is 5.97 Å². The highest BCUT2D eigenvalue weighted by Gasteiger charge is 2.15. The third-order valence-electron chi connectivity index (χ3n) is 2.24. The van der Waals surface area contributed by atoms with Crippen LogP contribution in [0.25, 0.3) is 0 Å². The van der Waals surface area contributed by atoms with Crippen molar-refractivity contribution in [1.82, 2.24) is 0 Å². The van der Waals surface area contributed by atoms with Gasteiger partial charge in [0, 0.05) is 6.42 Å². The van der Waals surface area contributed by atoms with Gasteiger partial charge in [0.25, 0.3) is 0 Å². The van der Waals surface area contributed by atoms with Crippen LogP contribution in [0.1, 0.15) is 39.0 Å². The lowest BCUT2D eigenvalue weighted by molar-refractivity contribution is -0.144. The van der Waals surface area contributed by atoms with Crippen molar-refractivity contribution in [1.29, 1.82) is 0 Å². The molecule has 0 aromatic heterocycles. The Kier molecular flexibility index (Phi) is 3.40. The minimum atomic E-state index is -0.0584. The first-order chi connectivity index (χ1) is 5.33. The monoisotopic (exact) mass is 156 g/mol. The zero-order chi connectivity index (χ0) is 8.10. The summed E-state index contributed by atoms with van der Waals surface area (Å²) >= 11 is 0. The smallest absolute Gasteiger partial charge is 0.305 e. The summed E-state index contributed by atoms with van der Waals surface area (Å²) < 4.78 is 5.04. The summed E-state index contributed by atoms with van der Waals surface area (Å²) in [4.78, 5) is 10.7. The Morgan fingerprint density at radius 1 is 1.45 bits per heavy atom. The van der Waals surface area contributed by atoms with E-state index in [0.717, 1.165) is 0 Å². The number of rotatable bonds is 3. The third-order valence-corrected chi connectivity index (χ3v) is 2.24. The first kappa shape index (κ1) is 8.57. The van der Waals surface area contributed by atoms with Crippen molar-refractivity contribution in [3.05, 3.63) is 0 Å². The second kappa shape index (κ2) is 4.37. The third kappa shape index (κ3) is 2.91. The van der Waals surface area contributed by atoms with E-state index < -0.39 is 0 Å². The largest absolute Gasteiger partial charge is 0.465 e. The summed E-state index contributed by atoms with van der Waals surface area (Å²) in [5.74, 6) is 0.599. The molecule has 0 aromatic rings. The zero-order valence-corrected chi connectivity index (χ0v) is 7.14. The lowest BCUT2D eigenvalue weighted by atomic mass is 10.1. The minimum absolute atomic E-state index is 0.0584. The fourth-order valence-electron chi connectivity index (χ4n) is 1.49. The van der Waals surface area contributed by atoms with Gasteiger partial charge in [-0.05, 0) is 18.8 Å². The van der Waals surface area contributed by atoms with Crippen molar-refractivity contribution in [2.75, 3.05) is 6.61 Å². The Labute approximate surface area is 67.9 Å². The molecule has 0 spiro atoms. The van der Waals surface area contributed by atoms with Crippen LogP contribution in [-0.2, 0) is 9.53 Å². The highest BCUT2D eigenvalue weighted by atomic mass is 16.5. The molecule has 0 unspecified atom stereocenters. The molecular weight excluding hydrogens is 140 g/mol. The van der Waals surface area contributed by atoms with Crippen molar-refractivity contribution in [2.45, 2.75) is 39.0 Å². The van der Waals surface area contributed by atoms with Crippen molar-refractivity contribution < 1.29 is 9.53 Å². The molecular formula is C9H16O2. The molecule has 1 fully saturated rings. The number of esters is 1. The fourth-order valence-corrected chi connectivity index (χ4v) is 1.49. The van der Waals surface area contributed by atoms with Gasteiger partial charge in [-0.15, -0.1) is 0 Å². The SMILES string of the molecule is CCC(=O)OCC1CCCC1. The molecule has 1 aliphatic carbocycles. The molecule has 0 saturated heterocycles. The van der Waals surface area contributed by atoms with Crippen LogP contribution in [0.4, 0.5) is 0 Å². The van der Waals surface area contributed by atoms with E-state index in [4.69, 9.17) is 4.74 Å². The van der Waals surface area contributed by atoms with Crippen molar-refractivity contribution in [3.8, 4) is 0 Å². The van der Waals surface area contributed by atoms with E-state index in [-0.39, 0.29) is 5.97 Å². The molecule has 0 heterocycles. The van der Waals surface area contributed by atoms with Crippen LogP contribution in [0.3, 0.4) is 0 Å². The molecule has 0 aromatic carbocycles. The van der Waals surface area contributed by atoms with Gasteiger partial charge < -0.3 is 4.74 Å². The Hall–Kier alpha value is -0.530. The van der Waals surface area contributed by atoms with Gasteiger partial charge >= 0.3 is 5.97 Å². The quantitative estimate of drug-likeness (QED) is 0.585. The van der Waals surface area contributed by atoms with Gasteiger partial charge in [-0.25, -0.2) is 0 Å². The predicted octanol–water partition coefficient (Wildman–Crippen LogP) is 2.13. The second-order valence-electron chi connectivity index (χ2n) is 3.19. The molecule has 0 amide bonds. The lowest BCUT2D eigenvalue weighted by Crippen LogP contribution is -2.10. The topological polar surface area (TPSA) is 26.3 Å². The Morgan fingerprint density at radius 2 is 2.09 bits per heavy atom. The summed E-state index contributed by atoms with van der Waals surface area (Å²) in [5, 5.41) is 0. The Balaban J connectivity index is 2.06. The summed E-state index contributed by atoms with van der Waals surface area (Å²) in [5.41, 5.74) is 0. The summed E-state index contributed by atoms with van der Waals surface area (Å²) in [7, 11) is 0. The number of carbonyl (C=O) groups excluding carboxylic acids is 1. The molecule has 1 rings (SSSR count). The molecule has 1 saturated carbocycles. The van der Waals surface area contributed by atoms with Gasteiger partial charge in [-0.2, -0.15) is 0 Å². The van der Waals surface area contributed by atoms with Crippen LogP contribution in [0, 0.1) is 5.92 Å². The van der Waals surface area contributed by atoms with Crippen LogP contribution in [0.2, 0.25) is 0 Å². The normalized spacial score (nSPS) is 18.6. The van der Waals surface area contributed by atoms with Gasteiger partial charge in [0.05, 0.1) is 6.61 Å². The van der Waals surface area contributed by atoms with Gasteiger partial charge in [-0.1, -0.05) is 19.8 Å².